The Labute approximate surface area is 143 Å². The van der Waals surface area contributed by atoms with E-state index in [1.165, 1.54) is 0 Å². The molecular weight excluding hydrogens is 326 g/mol. The van der Waals surface area contributed by atoms with E-state index in [0.717, 1.165) is 5.69 Å². The zero-order valence-corrected chi connectivity index (χ0v) is 13.3. The molecule has 0 aliphatic heterocycles. The summed E-state index contributed by atoms with van der Waals surface area (Å²) in [7, 11) is 0. The maximum absolute atomic E-state index is 12.2. The van der Waals surface area contributed by atoms with Crippen molar-refractivity contribution in [3.63, 3.8) is 0 Å². The van der Waals surface area contributed by atoms with E-state index >= 15 is 0 Å². The van der Waals surface area contributed by atoms with Gasteiger partial charge in [-0.25, -0.2) is 0 Å². The number of hydrogen-bond acceptors (Lipinski definition) is 2. The van der Waals surface area contributed by atoms with Gasteiger partial charge in [-0.3, -0.25) is 20.4 Å². The molecule has 0 saturated carbocycles. The molecule has 2 N–H and O–H groups in total. The first-order valence-electron chi connectivity index (χ1n) is 7.23. The van der Waals surface area contributed by atoms with Crippen molar-refractivity contribution in [1.29, 1.82) is 0 Å². The van der Waals surface area contributed by atoms with Crippen LogP contribution in [0.2, 0.25) is 5.02 Å². The topological polar surface area (TPSA) is 63.1 Å². The minimum atomic E-state index is -0.415. The Morgan fingerprint density at radius 3 is 2.08 bits per heavy atom. The fraction of sp³-hybridized carbons (Fsp3) is 0. The number of nitrogens with one attached hydrogen (secondary N) is 2. The molecule has 2 amide bonds. The lowest BCUT2D eigenvalue weighted by Crippen LogP contribution is -2.41. The number of aromatic nitrogens is 1. The van der Waals surface area contributed by atoms with Gasteiger partial charge in [0.05, 0.1) is 0 Å². The van der Waals surface area contributed by atoms with Crippen LogP contribution in [-0.4, -0.2) is 16.4 Å². The molecule has 1 heterocycles. The van der Waals surface area contributed by atoms with Crippen LogP contribution < -0.4 is 10.9 Å². The van der Waals surface area contributed by atoms with Crippen molar-refractivity contribution in [2.45, 2.75) is 0 Å². The molecule has 0 radical (unpaired) electrons. The highest BCUT2D eigenvalue weighted by molar-refractivity contribution is 6.30. The van der Waals surface area contributed by atoms with E-state index < -0.39 is 11.8 Å². The molecular formula is C18H14ClN3O2. The molecule has 0 spiro atoms. The van der Waals surface area contributed by atoms with Crippen molar-refractivity contribution in [2.24, 2.45) is 0 Å². The van der Waals surface area contributed by atoms with Crippen molar-refractivity contribution in [3.05, 3.63) is 89.2 Å². The molecule has 2 aromatic carbocycles. The van der Waals surface area contributed by atoms with Gasteiger partial charge in [0.2, 0.25) is 0 Å². The number of hydrogen-bond donors (Lipinski definition) is 2. The van der Waals surface area contributed by atoms with Crippen LogP contribution in [0.25, 0.3) is 5.69 Å². The number of hydrazine groups is 1. The van der Waals surface area contributed by atoms with E-state index in [4.69, 9.17) is 11.6 Å². The van der Waals surface area contributed by atoms with Crippen LogP contribution in [-0.2, 0) is 0 Å². The van der Waals surface area contributed by atoms with Gasteiger partial charge in [0.15, 0.2) is 0 Å². The quantitative estimate of drug-likeness (QED) is 0.720. The summed E-state index contributed by atoms with van der Waals surface area (Å²) in [6.45, 7) is 0. The second kappa shape index (κ2) is 7.02. The van der Waals surface area contributed by atoms with Gasteiger partial charge in [-0.1, -0.05) is 17.7 Å². The number of rotatable bonds is 3. The third-order valence-electron chi connectivity index (χ3n) is 3.41. The van der Waals surface area contributed by atoms with Crippen LogP contribution in [0.5, 0.6) is 0 Å². The molecule has 0 bridgehead atoms. The Hall–Kier alpha value is -3.05. The van der Waals surface area contributed by atoms with Crippen molar-refractivity contribution in [1.82, 2.24) is 15.4 Å². The first kappa shape index (κ1) is 15.8. The molecule has 5 nitrogen and oxygen atoms in total. The van der Waals surface area contributed by atoms with Gasteiger partial charge in [-0.15, -0.1) is 0 Å². The molecule has 3 aromatic rings. The number of carbonyl (C=O) groups excluding carboxylic acids is 2. The minimum Gasteiger partial charge on any atom is -0.324 e. The molecule has 0 atom stereocenters. The van der Waals surface area contributed by atoms with Gasteiger partial charge in [-0.2, -0.15) is 0 Å². The molecule has 6 heteroatoms. The number of benzene rings is 2. The summed E-state index contributed by atoms with van der Waals surface area (Å²) in [6, 6.07) is 17.3. The largest absolute Gasteiger partial charge is 0.324 e. The molecule has 3 rings (SSSR count). The first-order chi connectivity index (χ1) is 11.6. The lowest BCUT2D eigenvalue weighted by atomic mass is 10.2. The summed E-state index contributed by atoms with van der Waals surface area (Å²) in [5.74, 6) is -0.812. The molecule has 1 aromatic heterocycles. The Kier molecular flexibility index (Phi) is 4.63. The van der Waals surface area contributed by atoms with Crippen LogP contribution in [0.3, 0.4) is 0 Å². The number of nitrogens with zero attached hydrogens (tertiary/aromatic N) is 1. The molecule has 0 fully saturated rings. The molecule has 0 aliphatic rings. The third-order valence-corrected chi connectivity index (χ3v) is 3.66. The third kappa shape index (κ3) is 3.64. The highest BCUT2D eigenvalue weighted by atomic mass is 35.5. The van der Waals surface area contributed by atoms with Gasteiger partial charge in [-0.05, 0) is 54.6 Å². The molecule has 120 valence electrons. The average Bonchev–Trinajstić information content (AvgIpc) is 3.15. The van der Waals surface area contributed by atoms with Crippen molar-refractivity contribution in [3.8, 4) is 5.69 Å². The standard InChI is InChI=1S/C18H14ClN3O2/c19-15-8-6-13(7-9-15)17(23)20-21-18(24)14-4-3-5-16(12-14)22-10-1-2-11-22/h1-12H,(H,20,23)(H,21,24). The second-order valence-electron chi connectivity index (χ2n) is 5.06. The molecule has 0 saturated heterocycles. The van der Waals surface area contributed by atoms with Gasteiger partial charge >= 0.3 is 0 Å². The predicted molar refractivity (Wildman–Crippen MR) is 92.2 cm³/mol. The predicted octanol–water partition coefficient (Wildman–Crippen LogP) is 3.21. The van der Waals surface area contributed by atoms with E-state index in [-0.39, 0.29) is 0 Å². The van der Waals surface area contributed by atoms with E-state index in [1.54, 1.807) is 42.5 Å². The first-order valence-corrected chi connectivity index (χ1v) is 7.61. The lowest BCUT2D eigenvalue weighted by Gasteiger charge is -2.09. The Bertz CT molecular complexity index is 858. The van der Waals surface area contributed by atoms with Gasteiger partial charge < -0.3 is 4.57 Å². The van der Waals surface area contributed by atoms with Crippen LogP contribution in [0.15, 0.2) is 73.1 Å². The SMILES string of the molecule is O=C(NNC(=O)c1cccc(-n2cccc2)c1)c1ccc(Cl)cc1. The second-order valence-corrected chi connectivity index (χ2v) is 5.49. The summed E-state index contributed by atoms with van der Waals surface area (Å²) in [5.41, 5.74) is 6.49. The van der Waals surface area contributed by atoms with Crippen molar-refractivity contribution < 1.29 is 9.59 Å². The fourth-order valence-electron chi connectivity index (χ4n) is 2.17. The van der Waals surface area contributed by atoms with Crippen LogP contribution in [0.4, 0.5) is 0 Å². The number of amides is 2. The van der Waals surface area contributed by atoms with Crippen LogP contribution in [0, 0.1) is 0 Å². The van der Waals surface area contributed by atoms with Gasteiger partial charge in [0.1, 0.15) is 0 Å². The zero-order valence-electron chi connectivity index (χ0n) is 12.6. The number of halogens is 1. The molecule has 24 heavy (non-hydrogen) atoms. The normalized spacial score (nSPS) is 10.2. The van der Waals surface area contributed by atoms with Crippen molar-refractivity contribution >= 4 is 23.4 Å². The Morgan fingerprint density at radius 1 is 0.792 bits per heavy atom. The highest BCUT2D eigenvalue weighted by Crippen LogP contribution is 2.11. The smallest absolute Gasteiger partial charge is 0.269 e. The summed E-state index contributed by atoms with van der Waals surface area (Å²) in [6.07, 6.45) is 3.78. The minimum absolute atomic E-state index is 0.397. The van der Waals surface area contributed by atoms with E-state index in [1.807, 2.05) is 35.2 Å². The van der Waals surface area contributed by atoms with E-state index in [0.29, 0.717) is 16.1 Å². The molecule has 0 aliphatic carbocycles. The highest BCUT2D eigenvalue weighted by Gasteiger charge is 2.10. The van der Waals surface area contributed by atoms with Crippen molar-refractivity contribution in [2.75, 3.05) is 0 Å². The van der Waals surface area contributed by atoms with Gasteiger partial charge in [0.25, 0.3) is 11.8 Å². The van der Waals surface area contributed by atoms with E-state index in [2.05, 4.69) is 10.9 Å². The maximum atomic E-state index is 12.2. The van der Waals surface area contributed by atoms with Gasteiger partial charge in [0, 0.05) is 34.2 Å². The maximum Gasteiger partial charge on any atom is 0.269 e. The van der Waals surface area contributed by atoms with Crippen LogP contribution >= 0.6 is 11.6 Å². The monoisotopic (exact) mass is 339 g/mol. The number of carbonyl (C=O) groups is 2. The summed E-state index contributed by atoms with van der Waals surface area (Å²) in [4.78, 5) is 24.2. The molecule has 0 unspecified atom stereocenters. The van der Waals surface area contributed by atoms with E-state index in [9.17, 15) is 9.59 Å². The summed E-state index contributed by atoms with van der Waals surface area (Å²) >= 11 is 5.78. The zero-order chi connectivity index (χ0) is 16.9. The summed E-state index contributed by atoms with van der Waals surface area (Å²) < 4.78 is 1.89. The summed E-state index contributed by atoms with van der Waals surface area (Å²) in [5, 5.41) is 0.539. The average molecular weight is 340 g/mol. The Balaban J connectivity index is 1.66. The fourth-order valence-corrected chi connectivity index (χ4v) is 2.30. The lowest BCUT2D eigenvalue weighted by molar-refractivity contribution is 0.0846. The Morgan fingerprint density at radius 2 is 1.42 bits per heavy atom. The van der Waals surface area contributed by atoms with Crippen LogP contribution in [0.1, 0.15) is 20.7 Å².